The van der Waals surface area contributed by atoms with Gasteiger partial charge in [-0.2, -0.15) is 13.2 Å². The van der Waals surface area contributed by atoms with E-state index in [0.717, 1.165) is 18.2 Å². The summed E-state index contributed by atoms with van der Waals surface area (Å²) >= 11 is 0. The summed E-state index contributed by atoms with van der Waals surface area (Å²) in [7, 11) is 3.31. The Morgan fingerprint density at radius 1 is 1.07 bits per heavy atom. The van der Waals surface area contributed by atoms with Gasteiger partial charge in [-0.25, -0.2) is 0 Å². The Bertz CT molecular complexity index is 1070. The number of anilines is 2. The van der Waals surface area contributed by atoms with Crippen molar-refractivity contribution in [3.8, 4) is 0 Å². The van der Waals surface area contributed by atoms with Crippen molar-refractivity contribution in [1.82, 2.24) is 4.98 Å². The topological polar surface area (TPSA) is 65.2 Å². The Balaban J connectivity index is 2.07. The minimum absolute atomic E-state index is 0.00388. The van der Waals surface area contributed by atoms with Gasteiger partial charge >= 0.3 is 6.18 Å². The molecule has 140 valence electrons. The van der Waals surface area contributed by atoms with E-state index in [1.165, 1.54) is 6.07 Å². The fourth-order valence-corrected chi connectivity index (χ4v) is 2.78. The molecule has 0 unspecified atom stereocenters. The summed E-state index contributed by atoms with van der Waals surface area (Å²) in [5.41, 5.74) is -0.395. The Hall–Kier alpha value is -3.29. The van der Waals surface area contributed by atoms with Gasteiger partial charge in [0.2, 0.25) is 5.56 Å². The number of alkyl halides is 3. The fraction of sp³-hybridized carbons (Fsp3) is 0.158. The summed E-state index contributed by atoms with van der Waals surface area (Å²) in [5, 5.41) is 3.00. The van der Waals surface area contributed by atoms with E-state index >= 15 is 0 Å². The lowest BCUT2D eigenvalue weighted by molar-refractivity contribution is -0.137. The number of carbonyl (C=O) groups excluding carboxylic acids is 1. The third kappa shape index (κ3) is 3.79. The number of hydrogen-bond acceptors (Lipinski definition) is 3. The highest BCUT2D eigenvalue weighted by Gasteiger charge is 2.31. The number of halogens is 3. The van der Waals surface area contributed by atoms with E-state index in [0.29, 0.717) is 16.6 Å². The molecule has 1 heterocycles. The monoisotopic (exact) mass is 375 g/mol. The van der Waals surface area contributed by atoms with Crippen molar-refractivity contribution in [2.45, 2.75) is 6.18 Å². The van der Waals surface area contributed by atoms with Gasteiger partial charge in [-0.15, -0.1) is 0 Å². The number of H-pyrrole nitrogens is 1. The van der Waals surface area contributed by atoms with Crippen molar-refractivity contribution in [3.05, 3.63) is 70.0 Å². The Morgan fingerprint density at radius 2 is 1.78 bits per heavy atom. The molecule has 5 nitrogen and oxygen atoms in total. The number of para-hydroxylation sites is 1. The zero-order valence-electron chi connectivity index (χ0n) is 14.5. The quantitative estimate of drug-likeness (QED) is 0.731. The van der Waals surface area contributed by atoms with Crippen LogP contribution < -0.4 is 15.8 Å². The van der Waals surface area contributed by atoms with E-state index in [1.54, 1.807) is 43.3 Å². The van der Waals surface area contributed by atoms with E-state index in [1.807, 2.05) is 0 Å². The predicted molar refractivity (Wildman–Crippen MR) is 98.3 cm³/mol. The molecular formula is C19H16F3N3O2. The molecule has 0 radical (unpaired) electrons. The molecule has 8 heteroatoms. The molecular weight excluding hydrogens is 359 g/mol. The van der Waals surface area contributed by atoms with Crippen LogP contribution >= 0.6 is 0 Å². The SMILES string of the molecule is CN(C)c1ccc(C(F)(F)F)cc1NC(=O)c1cc(=O)[nH]c2ccccc12. The number of fused-ring (bicyclic) bond motifs is 1. The van der Waals surface area contributed by atoms with Crippen LogP contribution in [-0.2, 0) is 6.18 Å². The van der Waals surface area contributed by atoms with Gasteiger partial charge in [-0.1, -0.05) is 18.2 Å². The Kier molecular flexibility index (Phi) is 4.65. The molecule has 0 atom stereocenters. The van der Waals surface area contributed by atoms with Gasteiger partial charge in [0.15, 0.2) is 0 Å². The first-order chi connectivity index (χ1) is 12.7. The van der Waals surface area contributed by atoms with Gasteiger partial charge < -0.3 is 15.2 Å². The van der Waals surface area contributed by atoms with Crippen molar-refractivity contribution in [2.24, 2.45) is 0 Å². The summed E-state index contributed by atoms with van der Waals surface area (Å²) in [6, 6.07) is 10.9. The standard InChI is InChI=1S/C19H16F3N3O2/c1-25(2)16-8-7-11(19(20,21)22)9-15(16)24-18(27)13-10-17(26)23-14-6-4-3-5-12(13)14/h3-10H,1-2H3,(H,23,26)(H,24,27). The third-order valence-electron chi connectivity index (χ3n) is 4.05. The van der Waals surface area contributed by atoms with Crippen LogP contribution in [-0.4, -0.2) is 25.0 Å². The first-order valence-corrected chi connectivity index (χ1v) is 7.99. The maximum Gasteiger partial charge on any atom is 0.416 e. The van der Waals surface area contributed by atoms with Gasteiger partial charge in [0.1, 0.15) is 0 Å². The molecule has 0 spiro atoms. The van der Waals surface area contributed by atoms with Crippen molar-refractivity contribution in [3.63, 3.8) is 0 Å². The molecule has 0 saturated carbocycles. The predicted octanol–water partition coefficient (Wildman–Crippen LogP) is 3.87. The molecule has 3 aromatic rings. The average Bonchev–Trinajstić information content (AvgIpc) is 2.59. The first-order valence-electron chi connectivity index (χ1n) is 7.99. The number of benzene rings is 2. The second-order valence-corrected chi connectivity index (χ2v) is 6.17. The third-order valence-corrected chi connectivity index (χ3v) is 4.05. The number of aromatic amines is 1. The van der Waals surface area contributed by atoms with Gasteiger partial charge in [0.05, 0.1) is 22.5 Å². The van der Waals surface area contributed by atoms with Crippen LogP contribution in [0.4, 0.5) is 24.5 Å². The largest absolute Gasteiger partial charge is 0.416 e. The molecule has 0 aliphatic rings. The minimum atomic E-state index is -4.54. The average molecular weight is 375 g/mol. The number of amides is 1. The number of hydrogen-bond donors (Lipinski definition) is 2. The maximum absolute atomic E-state index is 13.1. The van der Waals surface area contributed by atoms with E-state index in [-0.39, 0.29) is 11.3 Å². The summed E-state index contributed by atoms with van der Waals surface area (Å²) in [5.74, 6) is -0.667. The van der Waals surface area contributed by atoms with Crippen LogP contribution in [0.2, 0.25) is 0 Å². The van der Waals surface area contributed by atoms with E-state index in [2.05, 4.69) is 10.3 Å². The molecule has 27 heavy (non-hydrogen) atoms. The van der Waals surface area contributed by atoms with Gasteiger partial charge in [-0.3, -0.25) is 9.59 Å². The highest BCUT2D eigenvalue weighted by atomic mass is 19.4. The number of pyridine rings is 1. The second kappa shape index (κ2) is 6.79. The van der Waals surface area contributed by atoms with Gasteiger partial charge in [-0.05, 0) is 24.3 Å². The molecule has 0 fully saturated rings. The summed E-state index contributed by atoms with van der Waals surface area (Å²) < 4.78 is 39.2. The number of nitrogens with zero attached hydrogens (tertiary/aromatic N) is 1. The number of carbonyl (C=O) groups is 1. The molecule has 3 rings (SSSR count). The van der Waals surface area contributed by atoms with Gasteiger partial charge in [0.25, 0.3) is 5.91 Å². The molecule has 1 amide bonds. The summed E-state index contributed by atoms with van der Waals surface area (Å²) in [6.45, 7) is 0. The second-order valence-electron chi connectivity index (χ2n) is 6.17. The molecule has 2 aromatic carbocycles. The van der Waals surface area contributed by atoms with Crippen molar-refractivity contribution in [2.75, 3.05) is 24.3 Å². The van der Waals surface area contributed by atoms with Crippen LogP contribution in [0.15, 0.2) is 53.3 Å². The van der Waals surface area contributed by atoms with Crippen molar-refractivity contribution in [1.29, 1.82) is 0 Å². The molecule has 1 aromatic heterocycles. The lowest BCUT2D eigenvalue weighted by Gasteiger charge is -2.20. The van der Waals surface area contributed by atoms with Crippen LogP contribution in [0.1, 0.15) is 15.9 Å². The maximum atomic E-state index is 13.1. The summed E-state index contributed by atoms with van der Waals surface area (Å²) in [4.78, 5) is 28.8. The molecule has 2 N–H and O–H groups in total. The van der Waals surface area contributed by atoms with Crippen molar-refractivity contribution >= 4 is 28.2 Å². The zero-order chi connectivity index (χ0) is 19.8. The zero-order valence-corrected chi connectivity index (χ0v) is 14.5. The van der Waals surface area contributed by atoms with Crippen LogP contribution in [0.25, 0.3) is 10.9 Å². The molecule has 0 saturated heterocycles. The normalized spacial score (nSPS) is 11.4. The molecule has 0 bridgehead atoms. The molecule has 0 aliphatic heterocycles. The number of nitrogens with one attached hydrogen (secondary N) is 2. The number of rotatable bonds is 3. The smallest absolute Gasteiger partial charge is 0.376 e. The minimum Gasteiger partial charge on any atom is -0.376 e. The lowest BCUT2D eigenvalue weighted by atomic mass is 10.1. The Morgan fingerprint density at radius 3 is 2.44 bits per heavy atom. The van der Waals surface area contributed by atoms with E-state index in [9.17, 15) is 22.8 Å². The van der Waals surface area contributed by atoms with Gasteiger partial charge in [0, 0.05) is 31.1 Å². The fourth-order valence-electron chi connectivity index (χ4n) is 2.78. The van der Waals surface area contributed by atoms with Crippen LogP contribution in [0, 0.1) is 0 Å². The number of aromatic nitrogens is 1. The highest BCUT2D eigenvalue weighted by molar-refractivity contribution is 6.13. The summed E-state index contributed by atoms with van der Waals surface area (Å²) in [6.07, 6.45) is -4.54. The lowest BCUT2D eigenvalue weighted by Crippen LogP contribution is -2.20. The van der Waals surface area contributed by atoms with Crippen LogP contribution in [0.3, 0.4) is 0 Å². The molecule has 0 aliphatic carbocycles. The highest BCUT2D eigenvalue weighted by Crippen LogP contribution is 2.35. The van der Waals surface area contributed by atoms with Crippen molar-refractivity contribution < 1.29 is 18.0 Å². The van der Waals surface area contributed by atoms with Crippen LogP contribution in [0.5, 0.6) is 0 Å². The van der Waals surface area contributed by atoms with E-state index in [4.69, 9.17) is 0 Å². The first kappa shape index (κ1) is 18.5. The Labute approximate surface area is 152 Å². The van der Waals surface area contributed by atoms with E-state index < -0.39 is 23.2 Å².